The van der Waals surface area contributed by atoms with Crippen LogP contribution in [0.15, 0.2) is 42.7 Å². The van der Waals surface area contributed by atoms with Gasteiger partial charge in [-0.15, -0.1) is 0 Å². The molecule has 0 saturated carbocycles. The Morgan fingerprint density at radius 3 is 2.52 bits per heavy atom. The fraction of sp³-hybridized carbons (Fsp3) is 0.0714. The number of halogens is 4. The molecular weight excluding hydrogens is 303 g/mol. The molecule has 0 unspecified atom stereocenters. The van der Waals surface area contributed by atoms with E-state index in [0.717, 1.165) is 10.8 Å². The summed E-state index contributed by atoms with van der Waals surface area (Å²) in [7, 11) is 0. The van der Waals surface area contributed by atoms with E-state index < -0.39 is 12.0 Å². The van der Waals surface area contributed by atoms with Crippen molar-refractivity contribution < 1.29 is 13.2 Å². The van der Waals surface area contributed by atoms with Crippen molar-refractivity contribution in [1.29, 1.82) is 0 Å². The Morgan fingerprint density at radius 2 is 1.76 bits per heavy atom. The molecule has 0 aliphatic rings. The first-order valence-electron chi connectivity index (χ1n) is 5.90. The van der Waals surface area contributed by atoms with Gasteiger partial charge >= 0.3 is 6.18 Å². The van der Waals surface area contributed by atoms with E-state index in [1.165, 1.54) is 12.3 Å². The highest BCUT2D eigenvalue weighted by Crippen LogP contribution is 2.32. The highest BCUT2D eigenvalue weighted by Gasteiger charge is 2.35. The highest BCUT2D eigenvalue weighted by molar-refractivity contribution is 6.29. The molecule has 0 fully saturated rings. The van der Waals surface area contributed by atoms with E-state index in [9.17, 15) is 13.2 Å². The number of alkyl halides is 3. The molecular formula is C14H7ClF3N3. The lowest BCUT2D eigenvalue weighted by atomic mass is 10.1. The molecule has 1 aromatic carbocycles. The first-order valence-corrected chi connectivity index (χ1v) is 6.28. The van der Waals surface area contributed by atoms with Gasteiger partial charge in [-0.25, -0.2) is 9.97 Å². The summed E-state index contributed by atoms with van der Waals surface area (Å²) in [5.41, 5.74) is 0.564. The van der Waals surface area contributed by atoms with Gasteiger partial charge < -0.3 is 0 Å². The highest BCUT2D eigenvalue weighted by atomic mass is 35.5. The van der Waals surface area contributed by atoms with Crippen LogP contribution in [0.4, 0.5) is 13.2 Å². The van der Waals surface area contributed by atoms with E-state index in [1.807, 2.05) is 12.1 Å². The van der Waals surface area contributed by atoms with Crippen LogP contribution < -0.4 is 0 Å². The Kier molecular flexibility index (Phi) is 3.25. The van der Waals surface area contributed by atoms with Crippen molar-refractivity contribution in [2.75, 3.05) is 0 Å². The van der Waals surface area contributed by atoms with Crippen molar-refractivity contribution >= 4 is 22.4 Å². The lowest BCUT2D eigenvalue weighted by molar-refractivity contribution is -0.144. The summed E-state index contributed by atoms with van der Waals surface area (Å²) in [6.45, 7) is 0. The van der Waals surface area contributed by atoms with Gasteiger partial charge in [0.25, 0.3) is 0 Å². The maximum absolute atomic E-state index is 12.8. The second-order valence-electron chi connectivity index (χ2n) is 4.31. The third kappa shape index (κ3) is 2.67. The number of pyridine rings is 1. The zero-order valence-corrected chi connectivity index (χ0v) is 11.2. The molecule has 106 valence electrons. The normalized spacial score (nSPS) is 11.8. The molecule has 0 aliphatic carbocycles. The Hall–Kier alpha value is -2.21. The zero-order valence-electron chi connectivity index (χ0n) is 10.4. The molecule has 3 rings (SSSR count). The fourth-order valence-corrected chi connectivity index (χ4v) is 2.19. The van der Waals surface area contributed by atoms with Crippen molar-refractivity contribution in [3.63, 3.8) is 0 Å². The van der Waals surface area contributed by atoms with Crippen LogP contribution >= 0.6 is 11.6 Å². The number of aromatic nitrogens is 3. The SMILES string of the molecule is FC(F)(F)c1nc(Cl)cc(-c2cncc3ccccc23)n1. The molecule has 0 radical (unpaired) electrons. The predicted octanol–water partition coefficient (Wildman–Crippen LogP) is 4.36. The van der Waals surface area contributed by atoms with Crippen LogP contribution in [0.3, 0.4) is 0 Å². The van der Waals surface area contributed by atoms with Crippen molar-refractivity contribution in [3.05, 3.63) is 53.7 Å². The molecule has 2 heterocycles. The monoisotopic (exact) mass is 309 g/mol. The van der Waals surface area contributed by atoms with E-state index >= 15 is 0 Å². The number of hydrogen-bond acceptors (Lipinski definition) is 3. The minimum atomic E-state index is -4.66. The van der Waals surface area contributed by atoms with Gasteiger partial charge in [0.1, 0.15) is 5.15 Å². The molecule has 0 bridgehead atoms. The molecule has 2 aromatic heterocycles. The minimum absolute atomic E-state index is 0.0895. The third-order valence-corrected chi connectivity index (χ3v) is 3.09. The first-order chi connectivity index (χ1) is 9.95. The second kappa shape index (κ2) is 4.96. The van der Waals surface area contributed by atoms with Gasteiger partial charge in [-0.05, 0) is 5.39 Å². The maximum Gasteiger partial charge on any atom is 0.451 e. The minimum Gasteiger partial charge on any atom is -0.263 e. The summed E-state index contributed by atoms with van der Waals surface area (Å²) < 4.78 is 38.3. The largest absolute Gasteiger partial charge is 0.451 e. The predicted molar refractivity (Wildman–Crippen MR) is 72.8 cm³/mol. The van der Waals surface area contributed by atoms with Crippen molar-refractivity contribution in [2.24, 2.45) is 0 Å². The number of fused-ring (bicyclic) bond motifs is 1. The maximum atomic E-state index is 12.8. The lowest BCUT2D eigenvalue weighted by Crippen LogP contribution is -2.11. The van der Waals surface area contributed by atoms with Gasteiger partial charge in [-0.2, -0.15) is 13.2 Å². The average Bonchev–Trinajstić information content (AvgIpc) is 2.45. The van der Waals surface area contributed by atoms with Crippen molar-refractivity contribution in [2.45, 2.75) is 6.18 Å². The van der Waals surface area contributed by atoms with Gasteiger partial charge in [0, 0.05) is 29.4 Å². The van der Waals surface area contributed by atoms with Crippen LogP contribution in [-0.2, 0) is 6.18 Å². The summed E-state index contributed by atoms with van der Waals surface area (Å²) in [5, 5.41) is 1.29. The van der Waals surface area contributed by atoms with E-state index in [0.29, 0.717) is 5.56 Å². The van der Waals surface area contributed by atoms with Crippen LogP contribution in [0, 0.1) is 0 Å². The molecule has 0 saturated heterocycles. The number of nitrogens with zero attached hydrogens (tertiary/aromatic N) is 3. The summed E-state index contributed by atoms with van der Waals surface area (Å²) in [5.74, 6) is -1.27. The topological polar surface area (TPSA) is 38.7 Å². The van der Waals surface area contributed by atoms with Crippen LogP contribution in [0.1, 0.15) is 5.82 Å². The Morgan fingerprint density at radius 1 is 1.00 bits per heavy atom. The van der Waals surface area contributed by atoms with Crippen LogP contribution in [0.5, 0.6) is 0 Å². The molecule has 0 N–H and O–H groups in total. The summed E-state index contributed by atoms with van der Waals surface area (Å²) in [4.78, 5) is 10.8. The fourth-order valence-electron chi connectivity index (χ4n) is 2.00. The Bertz CT molecular complexity index is 813. The molecule has 3 aromatic rings. The van der Waals surface area contributed by atoms with E-state index in [4.69, 9.17) is 11.6 Å². The zero-order chi connectivity index (χ0) is 15.0. The molecule has 21 heavy (non-hydrogen) atoms. The number of rotatable bonds is 1. The van der Waals surface area contributed by atoms with Gasteiger partial charge in [-0.1, -0.05) is 35.9 Å². The number of benzene rings is 1. The van der Waals surface area contributed by atoms with Crippen LogP contribution in [0.25, 0.3) is 22.0 Å². The molecule has 0 atom stereocenters. The molecule has 3 nitrogen and oxygen atoms in total. The Labute approximate surface area is 122 Å². The van der Waals surface area contributed by atoms with Gasteiger partial charge in [0.2, 0.25) is 5.82 Å². The van der Waals surface area contributed by atoms with E-state index in [1.54, 1.807) is 18.3 Å². The summed E-state index contributed by atoms with van der Waals surface area (Å²) >= 11 is 5.69. The molecule has 0 spiro atoms. The standard InChI is InChI=1S/C14H7ClF3N3/c15-12-5-11(20-13(21-12)14(16,17)18)10-7-19-6-8-3-1-2-4-9(8)10/h1-7H. The van der Waals surface area contributed by atoms with Gasteiger partial charge in [0.15, 0.2) is 0 Å². The van der Waals surface area contributed by atoms with E-state index in [-0.39, 0.29) is 10.8 Å². The summed E-state index contributed by atoms with van der Waals surface area (Å²) in [6.07, 6.45) is -1.56. The summed E-state index contributed by atoms with van der Waals surface area (Å²) in [6, 6.07) is 8.51. The van der Waals surface area contributed by atoms with Crippen LogP contribution in [-0.4, -0.2) is 15.0 Å². The second-order valence-corrected chi connectivity index (χ2v) is 4.69. The Balaban J connectivity index is 2.26. The van der Waals surface area contributed by atoms with Crippen molar-refractivity contribution in [1.82, 2.24) is 15.0 Å². The van der Waals surface area contributed by atoms with Gasteiger partial charge in [0.05, 0.1) is 5.69 Å². The lowest BCUT2D eigenvalue weighted by Gasteiger charge is -2.09. The third-order valence-electron chi connectivity index (χ3n) is 2.89. The van der Waals surface area contributed by atoms with E-state index in [2.05, 4.69) is 15.0 Å². The van der Waals surface area contributed by atoms with Crippen LogP contribution in [0.2, 0.25) is 5.15 Å². The molecule has 0 aliphatic heterocycles. The smallest absolute Gasteiger partial charge is 0.263 e. The quantitative estimate of drug-likeness (QED) is 0.627. The van der Waals surface area contributed by atoms with Gasteiger partial charge in [-0.3, -0.25) is 4.98 Å². The molecule has 7 heteroatoms. The molecule has 0 amide bonds. The first kappa shape index (κ1) is 13.8. The van der Waals surface area contributed by atoms with Crippen molar-refractivity contribution in [3.8, 4) is 11.3 Å². The average molecular weight is 310 g/mol. The number of hydrogen-bond donors (Lipinski definition) is 0.